The second-order valence-electron chi connectivity index (χ2n) is 6.73. The zero-order valence-corrected chi connectivity index (χ0v) is 16.5. The lowest BCUT2D eigenvalue weighted by molar-refractivity contribution is -0.139. The summed E-state index contributed by atoms with van der Waals surface area (Å²) in [5.74, 6) is -1.17. The first-order valence-electron chi connectivity index (χ1n) is 8.06. The molecule has 1 fully saturated rings. The summed E-state index contributed by atoms with van der Waals surface area (Å²) in [4.78, 5) is 28.2. The third-order valence-corrected chi connectivity index (χ3v) is 5.17. The van der Waals surface area contributed by atoms with Gasteiger partial charge in [0.15, 0.2) is 0 Å². The summed E-state index contributed by atoms with van der Waals surface area (Å²) in [6, 6.07) is 6.12. The number of benzene rings is 1. The van der Waals surface area contributed by atoms with E-state index >= 15 is 0 Å². The van der Waals surface area contributed by atoms with Gasteiger partial charge in [-0.2, -0.15) is 0 Å². The molecule has 0 radical (unpaired) electrons. The summed E-state index contributed by atoms with van der Waals surface area (Å²) in [5, 5.41) is 9.20. The van der Waals surface area contributed by atoms with Gasteiger partial charge in [0.05, 0.1) is 11.5 Å². The Hall–Kier alpha value is -1.77. The molecule has 5 nitrogen and oxygen atoms in total. The smallest absolute Gasteiger partial charge is 0.266 e. The number of hydrogen-bond acceptors (Lipinski definition) is 5. The molecule has 140 valence electrons. The topological polar surface area (TPSA) is 60.9 Å². The summed E-state index contributed by atoms with van der Waals surface area (Å²) in [6.45, 7) is 5.34. The molecule has 0 saturated carbocycles. The fraction of sp³-hybridized carbons (Fsp3) is 0.389. The van der Waals surface area contributed by atoms with E-state index in [0.717, 1.165) is 11.8 Å². The third kappa shape index (κ3) is 4.69. The average molecular weight is 397 g/mol. The summed E-state index contributed by atoms with van der Waals surface area (Å²) in [5.41, 5.74) is -0.209. The number of aliphatic hydroxyl groups is 1. The number of thiocarbonyl (C=S) groups is 1. The van der Waals surface area contributed by atoms with E-state index in [4.69, 9.17) is 12.2 Å². The number of β-amino-alcohol motifs (C(OH)–C–C–N with tert-alkyl or cyclic N) is 1. The Morgan fingerprint density at radius 1 is 1.38 bits per heavy atom. The van der Waals surface area contributed by atoms with Crippen LogP contribution in [0.1, 0.15) is 26.3 Å². The number of rotatable bonds is 5. The Labute approximate surface area is 161 Å². The van der Waals surface area contributed by atoms with Gasteiger partial charge in [0.1, 0.15) is 16.7 Å². The monoisotopic (exact) mass is 396 g/mol. The molecule has 1 aromatic carbocycles. The van der Waals surface area contributed by atoms with Crippen LogP contribution in [0.25, 0.3) is 6.08 Å². The predicted octanol–water partition coefficient (Wildman–Crippen LogP) is 2.65. The number of thioether (sulfide) groups is 1. The van der Waals surface area contributed by atoms with Crippen molar-refractivity contribution in [2.75, 3.05) is 19.7 Å². The van der Waals surface area contributed by atoms with Gasteiger partial charge in [0.2, 0.25) is 5.91 Å². The lowest BCUT2D eigenvalue weighted by Crippen LogP contribution is -2.51. The van der Waals surface area contributed by atoms with Gasteiger partial charge in [0.25, 0.3) is 5.91 Å². The van der Waals surface area contributed by atoms with Gasteiger partial charge in [-0.15, -0.1) is 0 Å². The van der Waals surface area contributed by atoms with E-state index < -0.39 is 17.3 Å². The molecular weight excluding hydrogens is 375 g/mol. The highest BCUT2D eigenvalue weighted by molar-refractivity contribution is 8.26. The Balaban J connectivity index is 2.19. The van der Waals surface area contributed by atoms with Gasteiger partial charge in [-0.25, -0.2) is 4.39 Å². The van der Waals surface area contributed by atoms with Crippen LogP contribution in [0.2, 0.25) is 0 Å². The van der Waals surface area contributed by atoms with Crippen molar-refractivity contribution in [3.05, 3.63) is 40.6 Å². The first kappa shape index (κ1) is 20.5. The van der Waals surface area contributed by atoms with E-state index in [1.807, 2.05) is 20.8 Å². The Morgan fingerprint density at radius 2 is 2.04 bits per heavy atom. The van der Waals surface area contributed by atoms with Gasteiger partial charge in [0, 0.05) is 17.6 Å². The van der Waals surface area contributed by atoms with Crippen molar-refractivity contribution in [1.29, 1.82) is 0 Å². The summed E-state index contributed by atoms with van der Waals surface area (Å²) in [7, 11) is 0. The standard InChI is InChI=1S/C18H21FN2O3S2/c1-18(2,3)21(8-9-22)15(23)11-20-16(24)14(26-17(20)25)10-12-6-4-5-7-13(12)19/h4-7,10,22H,8-9,11H2,1-3H3/b14-10-. The van der Waals surface area contributed by atoms with Gasteiger partial charge >= 0.3 is 0 Å². The number of carbonyl (C=O) groups excluding carboxylic acids is 2. The van der Waals surface area contributed by atoms with Crippen molar-refractivity contribution in [1.82, 2.24) is 9.80 Å². The molecule has 0 atom stereocenters. The quantitative estimate of drug-likeness (QED) is 0.612. The maximum atomic E-state index is 13.8. The Morgan fingerprint density at radius 3 is 2.62 bits per heavy atom. The number of nitrogens with zero attached hydrogens (tertiary/aromatic N) is 2. The van der Waals surface area contributed by atoms with Crippen LogP contribution in [-0.4, -0.2) is 56.3 Å². The minimum absolute atomic E-state index is 0.169. The van der Waals surface area contributed by atoms with Gasteiger partial charge in [-0.1, -0.05) is 42.2 Å². The molecular formula is C18H21FN2O3S2. The maximum absolute atomic E-state index is 13.8. The molecule has 0 bridgehead atoms. The second-order valence-corrected chi connectivity index (χ2v) is 8.40. The Bertz CT molecular complexity index is 759. The second kappa shape index (κ2) is 8.28. The molecule has 1 aliphatic rings. The fourth-order valence-corrected chi connectivity index (χ4v) is 3.77. The number of amides is 2. The van der Waals surface area contributed by atoms with Crippen molar-refractivity contribution in [2.45, 2.75) is 26.3 Å². The van der Waals surface area contributed by atoms with Crippen LogP contribution in [0.3, 0.4) is 0 Å². The number of hydrogen-bond donors (Lipinski definition) is 1. The van der Waals surface area contributed by atoms with Crippen LogP contribution in [-0.2, 0) is 9.59 Å². The van der Waals surface area contributed by atoms with Gasteiger partial charge in [-0.05, 0) is 32.9 Å². The zero-order chi connectivity index (χ0) is 19.5. The van der Waals surface area contributed by atoms with E-state index in [0.29, 0.717) is 0 Å². The molecule has 1 N–H and O–H groups in total. The van der Waals surface area contributed by atoms with E-state index in [1.165, 1.54) is 21.9 Å². The molecule has 1 saturated heterocycles. The number of aliphatic hydroxyl groups excluding tert-OH is 1. The molecule has 1 aliphatic heterocycles. The van der Waals surface area contributed by atoms with E-state index in [-0.39, 0.29) is 40.4 Å². The third-order valence-electron chi connectivity index (χ3n) is 3.79. The SMILES string of the molecule is CC(C)(C)N(CCO)C(=O)CN1C(=O)/C(=C/c2ccccc2F)SC1=S. The van der Waals surface area contributed by atoms with E-state index in [1.54, 1.807) is 18.2 Å². The highest BCUT2D eigenvalue weighted by Gasteiger charge is 2.36. The molecule has 0 aliphatic carbocycles. The molecule has 8 heteroatoms. The first-order valence-corrected chi connectivity index (χ1v) is 9.29. The molecule has 2 amide bonds. The predicted molar refractivity (Wildman–Crippen MR) is 105 cm³/mol. The van der Waals surface area contributed by atoms with Crippen molar-refractivity contribution < 1.29 is 19.1 Å². The van der Waals surface area contributed by atoms with Crippen LogP contribution in [0, 0.1) is 5.82 Å². The molecule has 1 aromatic rings. The highest BCUT2D eigenvalue weighted by atomic mass is 32.2. The molecule has 0 unspecified atom stereocenters. The zero-order valence-electron chi connectivity index (χ0n) is 14.9. The molecule has 2 rings (SSSR count). The van der Waals surface area contributed by atoms with Gasteiger partial charge in [-0.3, -0.25) is 14.5 Å². The minimum Gasteiger partial charge on any atom is -0.395 e. The normalized spacial score (nSPS) is 16.5. The van der Waals surface area contributed by atoms with Crippen LogP contribution < -0.4 is 0 Å². The highest BCUT2D eigenvalue weighted by Crippen LogP contribution is 2.33. The van der Waals surface area contributed by atoms with Crippen molar-refractivity contribution in [2.24, 2.45) is 0 Å². The lowest BCUT2D eigenvalue weighted by Gasteiger charge is -2.36. The molecule has 0 aromatic heterocycles. The Kier molecular flexibility index (Phi) is 6.54. The van der Waals surface area contributed by atoms with E-state index in [9.17, 15) is 19.1 Å². The maximum Gasteiger partial charge on any atom is 0.266 e. The first-order chi connectivity index (χ1) is 12.1. The van der Waals surface area contributed by atoms with Crippen LogP contribution in [0.15, 0.2) is 29.2 Å². The number of halogens is 1. The lowest BCUT2D eigenvalue weighted by atomic mass is 10.1. The summed E-state index contributed by atoms with van der Waals surface area (Å²) < 4.78 is 14.1. The molecule has 0 spiro atoms. The van der Waals surface area contributed by atoms with E-state index in [2.05, 4.69) is 0 Å². The minimum atomic E-state index is -0.497. The van der Waals surface area contributed by atoms with Crippen molar-refractivity contribution in [3.8, 4) is 0 Å². The largest absolute Gasteiger partial charge is 0.395 e. The molecule has 1 heterocycles. The average Bonchev–Trinajstić information content (AvgIpc) is 2.81. The van der Waals surface area contributed by atoms with Crippen LogP contribution >= 0.6 is 24.0 Å². The van der Waals surface area contributed by atoms with Gasteiger partial charge < -0.3 is 10.0 Å². The van der Waals surface area contributed by atoms with Crippen LogP contribution in [0.5, 0.6) is 0 Å². The van der Waals surface area contributed by atoms with Crippen molar-refractivity contribution in [3.63, 3.8) is 0 Å². The number of carbonyl (C=O) groups is 2. The summed E-state index contributed by atoms with van der Waals surface area (Å²) in [6.07, 6.45) is 1.44. The summed E-state index contributed by atoms with van der Waals surface area (Å²) >= 11 is 6.26. The van der Waals surface area contributed by atoms with Crippen molar-refractivity contribution >= 4 is 46.2 Å². The van der Waals surface area contributed by atoms with Crippen LogP contribution in [0.4, 0.5) is 4.39 Å². The fourth-order valence-electron chi connectivity index (χ4n) is 2.52. The molecule has 26 heavy (non-hydrogen) atoms.